The van der Waals surface area contributed by atoms with Crippen molar-refractivity contribution in [3.8, 4) is 22.8 Å². The third-order valence-corrected chi connectivity index (χ3v) is 6.83. The molecule has 208 valence electrons. The number of rotatable bonds is 7. The number of methoxy groups -OCH3 is 1. The second kappa shape index (κ2) is 9.69. The number of Topliss-reactive ketones (excluding diaryl/α,β-unsaturated/α-hetero) is 1. The van der Waals surface area contributed by atoms with Crippen molar-refractivity contribution < 1.29 is 37.4 Å². The predicted octanol–water partition coefficient (Wildman–Crippen LogP) is 6.15. The van der Waals surface area contributed by atoms with Crippen LogP contribution in [0.15, 0.2) is 54.6 Å². The van der Waals surface area contributed by atoms with Crippen LogP contribution in [0, 0.1) is 5.41 Å². The number of aromatic nitrogens is 1. The Morgan fingerprint density at radius 3 is 2.40 bits per heavy atom. The number of alkyl halides is 2. The van der Waals surface area contributed by atoms with Crippen LogP contribution in [0.3, 0.4) is 0 Å². The lowest BCUT2D eigenvalue weighted by Crippen LogP contribution is -2.28. The topological polar surface area (TPSA) is 104 Å². The minimum atomic E-state index is -3.75. The zero-order chi connectivity index (χ0) is 28.9. The van der Waals surface area contributed by atoms with Gasteiger partial charge in [-0.15, -0.1) is 8.78 Å². The number of halogens is 2. The number of fused-ring (bicyclic) bond motifs is 1. The summed E-state index contributed by atoms with van der Waals surface area (Å²) in [7, 11) is 1.25. The summed E-state index contributed by atoms with van der Waals surface area (Å²) >= 11 is 0. The van der Waals surface area contributed by atoms with E-state index in [1.807, 2.05) is 20.8 Å². The molecule has 8 nitrogen and oxygen atoms in total. The quantitative estimate of drug-likeness (QED) is 0.278. The van der Waals surface area contributed by atoms with E-state index in [0.717, 1.165) is 0 Å². The second-order valence-corrected chi connectivity index (χ2v) is 11.2. The van der Waals surface area contributed by atoms with Crippen molar-refractivity contribution in [1.82, 2.24) is 4.98 Å². The van der Waals surface area contributed by atoms with Gasteiger partial charge in [-0.1, -0.05) is 45.0 Å². The summed E-state index contributed by atoms with van der Waals surface area (Å²) in [5, 5.41) is 2.80. The Labute approximate surface area is 229 Å². The first kappa shape index (κ1) is 27.2. The molecule has 3 aromatic rings. The van der Waals surface area contributed by atoms with Gasteiger partial charge in [0, 0.05) is 17.5 Å². The maximum atomic E-state index is 13.5. The van der Waals surface area contributed by atoms with E-state index < -0.39 is 17.7 Å². The fraction of sp³-hybridized carbons (Fsp3) is 0.333. The average molecular weight is 551 g/mol. The molecule has 0 unspecified atom stereocenters. The molecular formula is C30H28F2N2O6. The Balaban J connectivity index is 1.44. The molecule has 0 radical (unpaired) electrons. The molecule has 1 amide bonds. The molecule has 1 fully saturated rings. The fourth-order valence-electron chi connectivity index (χ4n) is 4.70. The van der Waals surface area contributed by atoms with E-state index in [-0.39, 0.29) is 45.7 Å². The molecule has 2 heterocycles. The third kappa shape index (κ3) is 5.38. The minimum absolute atomic E-state index is 0.0458. The van der Waals surface area contributed by atoms with Crippen LogP contribution in [0.1, 0.15) is 66.3 Å². The molecule has 0 bridgehead atoms. The molecule has 1 aromatic heterocycles. The molecule has 5 rings (SSSR count). The number of hydrogen-bond acceptors (Lipinski definition) is 7. The second-order valence-electron chi connectivity index (χ2n) is 11.2. The number of hydrogen-bond donors (Lipinski definition) is 1. The lowest BCUT2D eigenvalue weighted by atomic mass is 9.87. The van der Waals surface area contributed by atoms with Crippen molar-refractivity contribution in [2.75, 3.05) is 12.4 Å². The van der Waals surface area contributed by atoms with E-state index in [4.69, 9.17) is 4.74 Å². The Morgan fingerprint density at radius 1 is 1.00 bits per heavy atom. The monoisotopic (exact) mass is 550 g/mol. The highest BCUT2D eigenvalue weighted by atomic mass is 19.3. The van der Waals surface area contributed by atoms with E-state index in [9.17, 15) is 23.2 Å². The van der Waals surface area contributed by atoms with Crippen molar-refractivity contribution >= 4 is 23.5 Å². The maximum absolute atomic E-state index is 13.5. The zero-order valence-corrected chi connectivity index (χ0v) is 22.5. The number of benzene rings is 2. The van der Waals surface area contributed by atoms with Gasteiger partial charge < -0.3 is 19.5 Å². The largest absolute Gasteiger partial charge is 0.586 e. The van der Waals surface area contributed by atoms with Gasteiger partial charge in [-0.25, -0.2) is 9.78 Å². The van der Waals surface area contributed by atoms with Gasteiger partial charge in [0.15, 0.2) is 17.3 Å². The van der Waals surface area contributed by atoms with Gasteiger partial charge in [-0.2, -0.15) is 0 Å². The summed E-state index contributed by atoms with van der Waals surface area (Å²) < 4.78 is 40.9. The van der Waals surface area contributed by atoms with Crippen LogP contribution in [-0.2, 0) is 14.9 Å². The van der Waals surface area contributed by atoms with Gasteiger partial charge in [0.05, 0.1) is 23.8 Å². The standard InChI is InChI=1S/C30H28F2N2O6/c1-28(2,3)16-21(35)17-6-5-7-18(14-17)25-20(26(36)38-4)9-11-24(33-25)34-27(37)29(12-13-29)19-8-10-22-23(15-19)40-30(31,32)39-22/h5-11,14-15H,12-13,16H2,1-4H3,(H,33,34,37). The maximum Gasteiger partial charge on any atom is 0.586 e. The molecule has 1 aliphatic carbocycles. The van der Waals surface area contributed by atoms with Crippen molar-refractivity contribution in [2.24, 2.45) is 5.41 Å². The minimum Gasteiger partial charge on any atom is -0.465 e. The van der Waals surface area contributed by atoms with Crippen LogP contribution >= 0.6 is 0 Å². The summed E-state index contributed by atoms with van der Waals surface area (Å²) in [6.45, 7) is 5.93. The van der Waals surface area contributed by atoms with E-state index >= 15 is 0 Å². The number of esters is 1. The van der Waals surface area contributed by atoms with Crippen LogP contribution in [0.5, 0.6) is 11.5 Å². The summed E-state index contributed by atoms with van der Waals surface area (Å²) in [6, 6.07) is 14.1. The van der Waals surface area contributed by atoms with E-state index in [1.54, 1.807) is 30.3 Å². The van der Waals surface area contributed by atoms with Crippen molar-refractivity contribution in [3.05, 3.63) is 71.3 Å². The Kier molecular flexibility index (Phi) is 6.60. The number of pyridine rings is 1. The Morgan fingerprint density at radius 2 is 1.73 bits per heavy atom. The molecule has 0 spiro atoms. The fourth-order valence-corrected chi connectivity index (χ4v) is 4.70. The number of amides is 1. The van der Waals surface area contributed by atoms with Gasteiger partial charge in [0.2, 0.25) is 5.91 Å². The summed E-state index contributed by atoms with van der Waals surface area (Å²) in [4.78, 5) is 43.4. The number of nitrogens with zero attached hydrogens (tertiary/aromatic N) is 1. The molecule has 1 saturated carbocycles. The molecule has 2 aromatic carbocycles. The molecule has 2 aliphatic rings. The van der Waals surface area contributed by atoms with Gasteiger partial charge in [-0.3, -0.25) is 9.59 Å². The summed E-state index contributed by atoms with van der Waals surface area (Å²) in [6.07, 6.45) is -2.42. The first-order valence-electron chi connectivity index (χ1n) is 12.8. The van der Waals surface area contributed by atoms with Gasteiger partial charge in [0.1, 0.15) is 5.82 Å². The number of carbonyl (C=O) groups excluding carboxylic acids is 3. The lowest BCUT2D eigenvalue weighted by molar-refractivity contribution is -0.286. The Hall–Kier alpha value is -4.34. The Bertz CT molecular complexity index is 1520. The summed E-state index contributed by atoms with van der Waals surface area (Å²) in [5.74, 6) is -1.10. The molecule has 1 aliphatic heterocycles. The first-order valence-corrected chi connectivity index (χ1v) is 12.8. The number of nitrogens with one attached hydrogen (secondary N) is 1. The third-order valence-electron chi connectivity index (χ3n) is 6.83. The first-order chi connectivity index (χ1) is 18.8. The van der Waals surface area contributed by atoms with Crippen molar-refractivity contribution in [2.45, 2.75) is 51.7 Å². The van der Waals surface area contributed by atoms with Gasteiger partial charge in [0.25, 0.3) is 0 Å². The molecule has 10 heteroatoms. The predicted molar refractivity (Wildman–Crippen MR) is 142 cm³/mol. The smallest absolute Gasteiger partial charge is 0.465 e. The van der Waals surface area contributed by atoms with Crippen LogP contribution in [0.4, 0.5) is 14.6 Å². The van der Waals surface area contributed by atoms with Crippen molar-refractivity contribution in [1.29, 1.82) is 0 Å². The van der Waals surface area contributed by atoms with Crippen molar-refractivity contribution in [3.63, 3.8) is 0 Å². The lowest BCUT2D eigenvalue weighted by Gasteiger charge is -2.18. The highest BCUT2D eigenvalue weighted by Gasteiger charge is 2.53. The number of ketones is 1. The normalized spacial score (nSPS) is 16.2. The molecule has 1 N–H and O–H groups in total. The molecule has 0 saturated heterocycles. The SMILES string of the molecule is COC(=O)c1ccc(NC(=O)C2(c3ccc4c(c3)OC(F)(F)O4)CC2)nc1-c1cccc(C(=O)CC(C)(C)C)c1. The number of ether oxygens (including phenoxy) is 3. The van der Waals surface area contributed by atoms with Gasteiger partial charge >= 0.3 is 12.3 Å². The highest BCUT2D eigenvalue weighted by molar-refractivity contribution is 6.03. The zero-order valence-electron chi connectivity index (χ0n) is 22.5. The molecular weight excluding hydrogens is 522 g/mol. The number of carbonyl (C=O) groups is 3. The van der Waals surface area contributed by atoms with E-state index in [1.165, 1.54) is 31.4 Å². The van der Waals surface area contributed by atoms with Crippen LogP contribution in [0.2, 0.25) is 0 Å². The average Bonchev–Trinajstić information content (AvgIpc) is 3.64. The van der Waals surface area contributed by atoms with E-state index in [0.29, 0.717) is 36.0 Å². The van der Waals surface area contributed by atoms with Crippen LogP contribution < -0.4 is 14.8 Å². The van der Waals surface area contributed by atoms with Gasteiger partial charge in [-0.05, 0) is 54.2 Å². The summed E-state index contributed by atoms with van der Waals surface area (Å²) in [5.41, 5.74) is 0.757. The molecule has 0 atom stereocenters. The number of anilines is 1. The van der Waals surface area contributed by atoms with Crippen LogP contribution in [0.25, 0.3) is 11.3 Å². The van der Waals surface area contributed by atoms with Crippen LogP contribution in [-0.4, -0.2) is 36.0 Å². The van der Waals surface area contributed by atoms with E-state index in [2.05, 4.69) is 19.8 Å². The highest BCUT2D eigenvalue weighted by Crippen LogP contribution is 2.52. The molecule has 40 heavy (non-hydrogen) atoms.